The monoisotopic (exact) mass is 319 g/mol. The minimum atomic E-state index is 0.555. The van der Waals surface area contributed by atoms with E-state index in [2.05, 4.69) is 29.3 Å². The van der Waals surface area contributed by atoms with E-state index in [1.807, 2.05) is 18.2 Å². The molecule has 4 rings (SSSR count). The molecule has 1 aliphatic carbocycles. The summed E-state index contributed by atoms with van der Waals surface area (Å²) in [5.74, 6) is 2.46. The molecule has 3 nitrogen and oxygen atoms in total. The Balaban J connectivity index is 1.76. The van der Waals surface area contributed by atoms with Crippen molar-refractivity contribution in [2.24, 2.45) is 0 Å². The molecule has 0 unspecified atom stereocenters. The number of rotatable bonds is 4. The van der Waals surface area contributed by atoms with E-state index in [0.717, 1.165) is 33.6 Å². The summed E-state index contributed by atoms with van der Waals surface area (Å²) in [6, 6.07) is 10.3. The molecule has 2 heterocycles. The Morgan fingerprint density at radius 1 is 1.08 bits per heavy atom. The first-order valence-electron chi connectivity index (χ1n) is 8.53. The molecule has 0 amide bonds. The van der Waals surface area contributed by atoms with Gasteiger partial charge < -0.3 is 9.15 Å². The van der Waals surface area contributed by atoms with Gasteiger partial charge in [-0.25, -0.2) is 0 Å². The summed E-state index contributed by atoms with van der Waals surface area (Å²) in [5, 5.41) is 1.13. The molecule has 24 heavy (non-hydrogen) atoms. The minimum Gasteiger partial charge on any atom is -0.493 e. The average molecular weight is 319 g/mol. The fourth-order valence-corrected chi connectivity index (χ4v) is 3.52. The second-order valence-corrected chi connectivity index (χ2v) is 6.34. The Morgan fingerprint density at radius 3 is 2.62 bits per heavy atom. The van der Waals surface area contributed by atoms with Crippen molar-refractivity contribution in [1.29, 1.82) is 0 Å². The number of furan rings is 1. The fourth-order valence-electron chi connectivity index (χ4n) is 3.52. The van der Waals surface area contributed by atoms with Crippen LogP contribution in [0.3, 0.4) is 0 Å². The van der Waals surface area contributed by atoms with Crippen molar-refractivity contribution >= 4 is 23.1 Å². The molecule has 1 fully saturated rings. The first kappa shape index (κ1) is 15.0. The van der Waals surface area contributed by atoms with Crippen molar-refractivity contribution in [2.45, 2.75) is 31.6 Å². The standard InChI is InChI=1S/C21H21NO2/c1-23-19-9-8-16(7-6-15-10-12-22-13-11-15)18-14-20(24-21(18)19)17-4-2-3-5-17/h6-14,17H,2-5H2,1H3/b7-6+. The molecule has 0 bridgehead atoms. The summed E-state index contributed by atoms with van der Waals surface area (Å²) in [4.78, 5) is 4.05. The topological polar surface area (TPSA) is 35.3 Å². The van der Waals surface area contributed by atoms with Crippen molar-refractivity contribution in [2.75, 3.05) is 7.11 Å². The lowest BCUT2D eigenvalue weighted by Gasteiger charge is -2.04. The number of hydrogen-bond acceptors (Lipinski definition) is 3. The third kappa shape index (κ3) is 2.82. The molecule has 1 aromatic carbocycles. The van der Waals surface area contributed by atoms with Crippen molar-refractivity contribution in [3.05, 3.63) is 59.6 Å². The Hall–Kier alpha value is -2.55. The van der Waals surface area contributed by atoms with Crippen molar-refractivity contribution < 1.29 is 9.15 Å². The van der Waals surface area contributed by atoms with Crippen LogP contribution in [-0.2, 0) is 0 Å². The summed E-state index contributed by atoms with van der Waals surface area (Å²) in [6.45, 7) is 0. The highest BCUT2D eigenvalue weighted by atomic mass is 16.5. The Morgan fingerprint density at radius 2 is 1.88 bits per heavy atom. The third-order valence-corrected chi connectivity index (χ3v) is 4.84. The van der Waals surface area contributed by atoms with Gasteiger partial charge in [0.25, 0.3) is 0 Å². The molecule has 1 aliphatic rings. The lowest BCUT2D eigenvalue weighted by molar-refractivity contribution is 0.404. The van der Waals surface area contributed by atoms with Crippen LogP contribution in [0.2, 0.25) is 0 Å². The maximum atomic E-state index is 6.20. The molecular formula is C21H21NO2. The maximum absolute atomic E-state index is 6.20. The molecule has 0 N–H and O–H groups in total. The predicted molar refractivity (Wildman–Crippen MR) is 97.1 cm³/mol. The van der Waals surface area contributed by atoms with Gasteiger partial charge in [-0.3, -0.25) is 4.98 Å². The quantitative estimate of drug-likeness (QED) is 0.622. The largest absolute Gasteiger partial charge is 0.493 e. The molecule has 3 aromatic rings. The van der Waals surface area contributed by atoms with Gasteiger partial charge in [-0.1, -0.05) is 31.1 Å². The molecule has 3 heteroatoms. The lowest BCUT2D eigenvalue weighted by Crippen LogP contribution is -1.87. The van der Waals surface area contributed by atoms with Crippen LogP contribution >= 0.6 is 0 Å². The van der Waals surface area contributed by atoms with Gasteiger partial charge in [-0.2, -0.15) is 0 Å². The first-order valence-corrected chi connectivity index (χ1v) is 8.53. The van der Waals surface area contributed by atoms with E-state index < -0.39 is 0 Å². The van der Waals surface area contributed by atoms with Gasteiger partial charge in [0, 0.05) is 23.7 Å². The van der Waals surface area contributed by atoms with E-state index in [0.29, 0.717) is 5.92 Å². The maximum Gasteiger partial charge on any atom is 0.176 e. The van der Waals surface area contributed by atoms with Crippen LogP contribution < -0.4 is 4.74 Å². The van der Waals surface area contributed by atoms with E-state index in [-0.39, 0.29) is 0 Å². The predicted octanol–water partition coefficient (Wildman–Crippen LogP) is 5.66. The molecular weight excluding hydrogens is 298 g/mol. The molecule has 2 aromatic heterocycles. The van der Waals surface area contributed by atoms with Crippen molar-refractivity contribution in [1.82, 2.24) is 4.98 Å². The fraction of sp³-hybridized carbons (Fsp3) is 0.286. The molecule has 1 saturated carbocycles. The zero-order valence-corrected chi connectivity index (χ0v) is 13.9. The summed E-state index contributed by atoms with van der Waals surface area (Å²) < 4.78 is 11.7. The van der Waals surface area contributed by atoms with Gasteiger partial charge in [-0.15, -0.1) is 0 Å². The average Bonchev–Trinajstić information content (AvgIpc) is 3.29. The van der Waals surface area contributed by atoms with Gasteiger partial charge in [0.2, 0.25) is 0 Å². The first-order chi connectivity index (χ1) is 11.8. The molecule has 0 aliphatic heterocycles. The van der Waals surface area contributed by atoms with Crippen LogP contribution in [0.4, 0.5) is 0 Å². The van der Waals surface area contributed by atoms with Gasteiger partial charge in [0.15, 0.2) is 11.3 Å². The van der Waals surface area contributed by atoms with Gasteiger partial charge in [-0.05, 0) is 48.2 Å². The van der Waals surface area contributed by atoms with E-state index in [1.54, 1.807) is 19.5 Å². The summed E-state index contributed by atoms with van der Waals surface area (Å²) in [7, 11) is 1.69. The third-order valence-electron chi connectivity index (χ3n) is 4.84. The van der Waals surface area contributed by atoms with Crippen LogP contribution in [0.25, 0.3) is 23.1 Å². The van der Waals surface area contributed by atoms with Gasteiger partial charge in [0.1, 0.15) is 5.76 Å². The van der Waals surface area contributed by atoms with Crippen molar-refractivity contribution in [3.63, 3.8) is 0 Å². The summed E-state index contributed by atoms with van der Waals surface area (Å²) in [6.07, 6.45) is 12.9. The number of pyridine rings is 1. The second-order valence-electron chi connectivity index (χ2n) is 6.34. The van der Waals surface area contributed by atoms with Crippen molar-refractivity contribution in [3.8, 4) is 5.75 Å². The SMILES string of the molecule is COc1ccc(/C=C/c2ccncc2)c2cc(C3CCCC3)oc12. The van der Waals surface area contributed by atoms with Crippen LogP contribution in [-0.4, -0.2) is 12.1 Å². The highest BCUT2D eigenvalue weighted by Crippen LogP contribution is 2.40. The van der Waals surface area contributed by atoms with E-state index in [1.165, 1.54) is 25.7 Å². The molecule has 0 spiro atoms. The van der Waals surface area contributed by atoms with Crippen LogP contribution in [0, 0.1) is 0 Å². The number of ether oxygens (including phenoxy) is 1. The second kappa shape index (κ2) is 6.52. The zero-order chi connectivity index (χ0) is 16.4. The smallest absolute Gasteiger partial charge is 0.176 e. The minimum absolute atomic E-state index is 0.555. The number of nitrogens with zero attached hydrogens (tertiary/aromatic N) is 1. The molecule has 0 atom stereocenters. The highest BCUT2D eigenvalue weighted by Gasteiger charge is 2.22. The normalized spacial score (nSPS) is 15.5. The summed E-state index contributed by atoms with van der Waals surface area (Å²) >= 11 is 0. The summed E-state index contributed by atoms with van der Waals surface area (Å²) in [5.41, 5.74) is 3.14. The number of benzene rings is 1. The number of fused-ring (bicyclic) bond motifs is 1. The van der Waals surface area contributed by atoms with Gasteiger partial charge in [0.05, 0.1) is 7.11 Å². The molecule has 0 radical (unpaired) electrons. The van der Waals surface area contributed by atoms with Gasteiger partial charge >= 0.3 is 0 Å². The van der Waals surface area contributed by atoms with Crippen LogP contribution in [0.5, 0.6) is 5.75 Å². The highest BCUT2D eigenvalue weighted by molar-refractivity contribution is 5.93. The van der Waals surface area contributed by atoms with Crippen LogP contribution in [0.1, 0.15) is 48.5 Å². The number of methoxy groups -OCH3 is 1. The Kier molecular flexibility index (Phi) is 4.08. The van der Waals surface area contributed by atoms with E-state index in [4.69, 9.17) is 9.15 Å². The lowest BCUT2D eigenvalue weighted by atomic mass is 10.0. The van der Waals surface area contributed by atoms with Crippen LogP contribution in [0.15, 0.2) is 47.1 Å². The number of hydrogen-bond donors (Lipinski definition) is 0. The zero-order valence-electron chi connectivity index (χ0n) is 13.9. The Labute approximate surface area is 142 Å². The molecule has 0 saturated heterocycles. The van der Waals surface area contributed by atoms with E-state index in [9.17, 15) is 0 Å². The molecule has 122 valence electrons. The Bertz CT molecular complexity index is 858. The number of aromatic nitrogens is 1. The van der Waals surface area contributed by atoms with E-state index >= 15 is 0 Å².